The van der Waals surface area contributed by atoms with E-state index in [0.717, 1.165) is 11.1 Å². The fourth-order valence-corrected chi connectivity index (χ4v) is 2.95. The van der Waals surface area contributed by atoms with Gasteiger partial charge >= 0.3 is 0 Å². The second kappa shape index (κ2) is 11.0. The van der Waals surface area contributed by atoms with Gasteiger partial charge in [-0.25, -0.2) is 5.43 Å². The van der Waals surface area contributed by atoms with Gasteiger partial charge in [-0.05, 0) is 55.0 Å². The van der Waals surface area contributed by atoms with E-state index in [1.165, 1.54) is 0 Å². The molecule has 6 nitrogen and oxygen atoms in total. The molecule has 0 saturated heterocycles. The smallest absolute Gasteiger partial charge is 0.271 e. The fraction of sp³-hybridized carbons (Fsp3) is 0.167. The van der Waals surface area contributed by atoms with Crippen molar-refractivity contribution in [2.45, 2.75) is 13.5 Å². The number of carbonyl (C=O) groups excluding carboxylic acids is 1. The van der Waals surface area contributed by atoms with Crippen molar-refractivity contribution in [1.29, 1.82) is 0 Å². The maximum Gasteiger partial charge on any atom is 0.271 e. The van der Waals surface area contributed by atoms with Gasteiger partial charge < -0.3 is 14.2 Å². The van der Waals surface area contributed by atoms with Gasteiger partial charge in [0.1, 0.15) is 12.4 Å². The summed E-state index contributed by atoms with van der Waals surface area (Å²) in [6.07, 6.45) is 1.54. The van der Waals surface area contributed by atoms with Crippen molar-refractivity contribution in [3.8, 4) is 17.2 Å². The Labute approximate surface area is 186 Å². The Morgan fingerprint density at radius 3 is 2.65 bits per heavy atom. The predicted octanol–water partition coefficient (Wildman–Crippen LogP) is 5.09. The number of benzene rings is 3. The van der Waals surface area contributed by atoms with Crippen LogP contribution in [0.4, 0.5) is 0 Å². The van der Waals surface area contributed by atoms with E-state index < -0.39 is 0 Å². The van der Waals surface area contributed by atoms with Gasteiger partial charge in [0.15, 0.2) is 11.5 Å². The zero-order valence-corrected chi connectivity index (χ0v) is 18.1. The van der Waals surface area contributed by atoms with E-state index in [2.05, 4.69) is 10.5 Å². The molecule has 0 atom stereocenters. The first-order valence-electron chi connectivity index (χ1n) is 9.71. The van der Waals surface area contributed by atoms with Crippen LogP contribution in [0.2, 0.25) is 5.02 Å². The third-order valence-electron chi connectivity index (χ3n) is 4.32. The Morgan fingerprint density at radius 2 is 1.87 bits per heavy atom. The number of hydrogen-bond acceptors (Lipinski definition) is 5. The Kier molecular flexibility index (Phi) is 7.90. The number of carbonyl (C=O) groups is 1. The summed E-state index contributed by atoms with van der Waals surface area (Å²) in [6.45, 7) is 2.70. The van der Waals surface area contributed by atoms with Crippen LogP contribution in [0.25, 0.3) is 0 Å². The molecule has 0 bridgehead atoms. The summed E-state index contributed by atoms with van der Waals surface area (Å²) in [6, 6.07) is 19.8. The van der Waals surface area contributed by atoms with Gasteiger partial charge in [-0.15, -0.1) is 0 Å². The van der Waals surface area contributed by atoms with Crippen LogP contribution in [0.3, 0.4) is 0 Å². The summed E-state index contributed by atoms with van der Waals surface area (Å²) in [5, 5.41) is 4.68. The maximum atomic E-state index is 12.2. The van der Waals surface area contributed by atoms with E-state index in [0.29, 0.717) is 41.0 Å². The number of nitrogens with one attached hydrogen (secondary N) is 1. The van der Waals surface area contributed by atoms with Crippen LogP contribution < -0.4 is 19.6 Å². The molecule has 3 aromatic carbocycles. The number of rotatable bonds is 9. The van der Waals surface area contributed by atoms with Crippen molar-refractivity contribution in [2.24, 2.45) is 5.10 Å². The topological polar surface area (TPSA) is 69.2 Å². The average Bonchev–Trinajstić information content (AvgIpc) is 2.79. The van der Waals surface area contributed by atoms with Gasteiger partial charge in [-0.1, -0.05) is 35.9 Å². The van der Waals surface area contributed by atoms with Crippen molar-refractivity contribution < 1.29 is 19.0 Å². The highest BCUT2D eigenvalue weighted by atomic mass is 35.5. The molecule has 0 heterocycles. The average molecular weight is 439 g/mol. The van der Waals surface area contributed by atoms with E-state index in [1.807, 2.05) is 37.3 Å². The third-order valence-corrected chi connectivity index (χ3v) is 4.69. The monoisotopic (exact) mass is 438 g/mol. The highest BCUT2D eigenvalue weighted by Crippen LogP contribution is 2.29. The molecule has 1 amide bonds. The van der Waals surface area contributed by atoms with Crippen LogP contribution in [0, 0.1) is 0 Å². The quantitative estimate of drug-likeness (QED) is 0.373. The van der Waals surface area contributed by atoms with E-state index in [9.17, 15) is 4.79 Å². The zero-order chi connectivity index (χ0) is 22.1. The Balaban J connectivity index is 1.66. The zero-order valence-electron chi connectivity index (χ0n) is 17.3. The SMILES string of the molecule is CCOc1cc(/C=N/NC(=O)c2cccc(OC)c2)ccc1OCc1ccccc1Cl. The highest BCUT2D eigenvalue weighted by Gasteiger charge is 2.09. The second-order valence-electron chi connectivity index (χ2n) is 6.45. The molecule has 7 heteroatoms. The van der Waals surface area contributed by atoms with Crippen molar-refractivity contribution in [3.63, 3.8) is 0 Å². The molecule has 0 aliphatic heterocycles. The van der Waals surface area contributed by atoms with E-state index in [4.69, 9.17) is 25.8 Å². The molecule has 0 radical (unpaired) electrons. The lowest BCUT2D eigenvalue weighted by Gasteiger charge is -2.13. The molecule has 0 unspecified atom stereocenters. The fourth-order valence-electron chi connectivity index (χ4n) is 2.76. The Morgan fingerprint density at radius 1 is 1.03 bits per heavy atom. The van der Waals surface area contributed by atoms with Gasteiger partial charge in [-0.2, -0.15) is 5.10 Å². The van der Waals surface area contributed by atoms with Gasteiger partial charge in [0.25, 0.3) is 5.91 Å². The minimum Gasteiger partial charge on any atom is -0.497 e. The number of amides is 1. The summed E-state index contributed by atoms with van der Waals surface area (Å²) in [4.78, 5) is 12.2. The Bertz CT molecular complexity index is 1070. The molecule has 0 aliphatic rings. The minimum atomic E-state index is -0.333. The van der Waals surface area contributed by atoms with Gasteiger partial charge in [-0.3, -0.25) is 4.79 Å². The second-order valence-corrected chi connectivity index (χ2v) is 6.86. The van der Waals surface area contributed by atoms with Crippen molar-refractivity contribution in [3.05, 3.63) is 88.4 Å². The molecular formula is C24H23ClN2O4. The molecule has 0 saturated carbocycles. The number of nitrogens with zero attached hydrogens (tertiary/aromatic N) is 1. The van der Waals surface area contributed by atoms with Crippen LogP contribution in [0.5, 0.6) is 17.2 Å². The van der Waals surface area contributed by atoms with E-state index in [1.54, 1.807) is 49.7 Å². The molecule has 3 aromatic rings. The lowest BCUT2D eigenvalue weighted by Crippen LogP contribution is -2.17. The summed E-state index contributed by atoms with van der Waals surface area (Å²) in [5.74, 6) is 1.45. The summed E-state index contributed by atoms with van der Waals surface area (Å²) in [7, 11) is 1.55. The van der Waals surface area contributed by atoms with E-state index in [-0.39, 0.29) is 5.91 Å². The van der Waals surface area contributed by atoms with Crippen molar-refractivity contribution >= 4 is 23.7 Å². The molecule has 0 fully saturated rings. The first-order valence-corrected chi connectivity index (χ1v) is 10.1. The summed E-state index contributed by atoms with van der Waals surface area (Å²) >= 11 is 6.19. The highest BCUT2D eigenvalue weighted by molar-refractivity contribution is 6.31. The molecule has 0 aromatic heterocycles. The van der Waals surface area contributed by atoms with Gasteiger partial charge in [0.2, 0.25) is 0 Å². The van der Waals surface area contributed by atoms with Gasteiger partial charge in [0, 0.05) is 16.1 Å². The van der Waals surface area contributed by atoms with Crippen LogP contribution in [0.1, 0.15) is 28.4 Å². The number of halogens is 1. The molecule has 0 aliphatic carbocycles. The van der Waals surface area contributed by atoms with Crippen molar-refractivity contribution in [2.75, 3.05) is 13.7 Å². The largest absolute Gasteiger partial charge is 0.497 e. The third kappa shape index (κ3) is 6.23. The number of methoxy groups -OCH3 is 1. The number of hydrogen-bond donors (Lipinski definition) is 1. The number of hydrazone groups is 1. The predicted molar refractivity (Wildman–Crippen MR) is 121 cm³/mol. The molecular weight excluding hydrogens is 416 g/mol. The number of ether oxygens (including phenoxy) is 3. The molecule has 31 heavy (non-hydrogen) atoms. The Hall–Kier alpha value is -3.51. The first-order chi connectivity index (χ1) is 15.1. The van der Waals surface area contributed by atoms with E-state index >= 15 is 0 Å². The lowest BCUT2D eigenvalue weighted by molar-refractivity contribution is 0.0955. The first kappa shape index (κ1) is 22.2. The van der Waals surface area contributed by atoms with Crippen LogP contribution >= 0.6 is 11.6 Å². The summed E-state index contributed by atoms with van der Waals surface area (Å²) in [5.41, 5.74) is 4.60. The molecule has 3 rings (SSSR count). The molecule has 160 valence electrons. The van der Waals surface area contributed by atoms with Crippen LogP contribution in [-0.2, 0) is 6.61 Å². The molecule has 1 N–H and O–H groups in total. The standard InChI is InChI=1S/C24H23ClN2O4/c1-3-30-23-13-17(11-12-22(23)31-16-19-7-4-5-10-21(19)25)15-26-27-24(28)18-8-6-9-20(14-18)29-2/h4-15H,3,16H2,1-2H3,(H,27,28)/b26-15+. The van der Waals surface area contributed by atoms with Crippen molar-refractivity contribution in [1.82, 2.24) is 5.43 Å². The lowest BCUT2D eigenvalue weighted by atomic mass is 10.2. The molecule has 0 spiro atoms. The van der Waals surface area contributed by atoms with Gasteiger partial charge in [0.05, 0.1) is 19.9 Å². The van der Waals surface area contributed by atoms with Crippen LogP contribution in [-0.4, -0.2) is 25.8 Å². The maximum absolute atomic E-state index is 12.2. The van der Waals surface area contributed by atoms with Crippen LogP contribution in [0.15, 0.2) is 71.8 Å². The summed E-state index contributed by atoms with van der Waals surface area (Å²) < 4.78 is 16.7. The normalized spacial score (nSPS) is 10.7. The minimum absolute atomic E-state index is 0.323.